The summed E-state index contributed by atoms with van der Waals surface area (Å²) in [7, 11) is 1.82. The van der Waals surface area contributed by atoms with Gasteiger partial charge in [-0.1, -0.05) is 23.2 Å². The summed E-state index contributed by atoms with van der Waals surface area (Å²) in [5.74, 6) is 0.932. The number of anilines is 2. The Bertz CT molecular complexity index is 1330. The number of carbonyl (C=O) groups excluding carboxylic acids is 1. The summed E-state index contributed by atoms with van der Waals surface area (Å²) in [6.45, 7) is 0.621. The van der Waals surface area contributed by atoms with Crippen molar-refractivity contribution in [3.8, 4) is 11.4 Å². The van der Waals surface area contributed by atoms with Crippen LogP contribution >= 0.6 is 23.2 Å². The number of nitrogen functional groups attached to an aromatic ring is 1. The summed E-state index contributed by atoms with van der Waals surface area (Å²) in [6, 6.07) is 11.1. The van der Waals surface area contributed by atoms with Gasteiger partial charge < -0.3 is 10.6 Å². The molecule has 2 N–H and O–H groups in total. The number of aromatic nitrogens is 4. The molecule has 0 fully saturated rings. The normalized spacial score (nSPS) is 13.1. The Balaban J connectivity index is 1.43. The molecule has 7 nitrogen and oxygen atoms in total. The molecule has 0 aliphatic carbocycles. The van der Waals surface area contributed by atoms with E-state index in [1.54, 1.807) is 34.0 Å². The summed E-state index contributed by atoms with van der Waals surface area (Å²) >= 11 is 12.1. The van der Waals surface area contributed by atoms with Crippen LogP contribution in [0, 0.1) is 0 Å². The molecular formula is C22H18Cl2N6O. The van der Waals surface area contributed by atoms with Crippen LogP contribution in [0.4, 0.5) is 11.5 Å². The first kappa shape index (κ1) is 19.8. The smallest absolute Gasteiger partial charge is 0.231 e. The maximum atomic E-state index is 12.9. The molecule has 0 bridgehead atoms. The molecule has 2 aromatic carbocycles. The van der Waals surface area contributed by atoms with Gasteiger partial charge in [-0.3, -0.25) is 9.48 Å². The van der Waals surface area contributed by atoms with Crippen LogP contribution < -0.4 is 10.6 Å². The number of benzene rings is 2. The first-order valence-electron chi connectivity index (χ1n) is 9.73. The molecule has 0 unspecified atom stereocenters. The van der Waals surface area contributed by atoms with E-state index >= 15 is 0 Å². The van der Waals surface area contributed by atoms with Gasteiger partial charge in [-0.15, -0.1) is 0 Å². The lowest BCUT2D eigenvalue weighted by Crippen LogP contribution is -2.30. The average Bonchev–Trinajstić information content (AvgIpc) is 3.31. The van der Waals surface area contributed by atoms with E-state index in [4.69, 9.17) is 28.9 Å². The number of amides is 1. The van der Waals surface area contributed by atoms with Crippen LogP contribution in [0.15, 0.2) is 42.6 Å². The van der Waals surface area contributed by atoms with Crippen LogP contribution in [0.25, 0.3) is 22.4 Å². The molecule has 0 saturated carbocycles. The maximum Gasteiger partial charge on any atom is 0.231 e. The monoisotopic (exact) mass is 452 g/mol. The maximum absolute atomic E-state index is 12.9. The predicted molar refractivity (Wildman–Crippen MR) is 122 cm³/mol. The minimum atomic E-state index is 0.00151. The second-order valence-corrected chi connectivity index (χ2v) is 8.40. The molecule has 9 heteroatoms. The lowest BCUT2D eigenvalue weighted by molar-refractivity contribution is -0.117. The van der Waals surface area contributed by atoms with Crippen LogP contribution in [0.3, 0.4) is 0 Å². The molecule has 0 spiro atoms. The van der Waals surface area contributed by atoms with Crippen molar-refractivity contribution in [2.24, 2.45) is 7.05 Å². The highest BCUT2D eigenvalue weighted by Crippen LogP contribution is 2.33. The molecule has 3 heterocycles. The van der Waals surface area contributed by atoms with E-state index in [0.29, 0.717) is 33.9 Å². The van der Waals surface area contributed by atoms with Crippen LogP contribution in [0.1, 0.15) is 11.1 Å². The van der Waals surface area contributed by atoms with E-state index in [2.05, 4.69) is 15.1 Å². The molecule has 1 aliphatic heterocycles. The number of carbonyl (C=O) groups is 1. The third kappa shape index (κ3) is 3.60. The highest BCUT2D eigenvalue weighted by atomic mass is 35.5. The molecule has 1 amide bonds. The van der Waals surface area contributed by atoms with Crippen molar-refractivity contribution in [3.05, 3.63) is 63.8 Å². The second kappa shape index (κ2) is 7.51. The molecule has 2 aromatic heterocycles. The van der Waals surface area contributed by atoms with Gasteiger partial charge in [-0.25, -0.2) is 9.97 Å². The zero-order valence-corrected chi connectivity index (χ0v) is 18.2. The van der Waals surface area contributed by atoms with Crippen molar-refractivity contribution in [2.75, 3.05) is 17.2 Å². The molecule has 4 aromatic rings. The minimum absolute atomic E-state index is 0.00151. The first-order valence-corrected chi connectivity index (χ1v) is 10.5. The van der Waals surface area contributed by atoms with Crippen LogP contribution in [-0.2, 0) is 24.7 Å². The zero-order valence-electron chi connectivity index (χ0n) is 16.6. The van der Waals surface area contributed by atoms with E-state index in [-0.39, 0.29) is 12.3 Å². The summed E-state index contributed by atoms with van der Waals surface area (Å²) in [5, 5.41) is 5.96. The van der Waals surface area contributed by atoms with Gasteiger partial charge in [-0.2, -0.15) is 5.10 Å². The van der Waals surface area contributed by atoms with Gasteiger partial charge in [0, 0.05) is 34.9 Å². The average molecular weight is 453 g/mol. The van der Waals surface area contributed by atoms with Crippen molar-refractivity contribution in [1.82, 2.24) is 19.7 Å². The zero-order chi connectivity index (χ0) is 21.7. The fourth-order valence-corrected chi connectivity index (χ4v) is 4.53. The number of fused-ring (bicyclic) bond motifs is 2. The topological polar surface area (TPSA) is 89.9 Å². The fourth-order valence-electron chi connectivity index (χ4n) is 3.96. The summed E-state index contributed by atoms with van der Waals surface area (Å²) < 4.78 is 1.67. The Morgan fingerprint density at radius 2 is 1.90 bits per heavy atom. The molecular weight excluding hydrogens is 435 g/mol. The van der Waals surface area contributed by atoms with Gasteiger partial charge in [0.25, 0.3) is 0 Å². The Kier molecular flexibility index (Phi) is 4.79. The van der Waals surface area contributed by atoms with Crippen molar-refractivity contribution in [2.45, 2.75) is 12.8 Å². The highest BCUT2D eigenvalue weighted by Gasteiger charge is 2.25. The van der Waals surface area contributed by atoms with Gasteiger partial charge in [-0.05, 0) is 53.9 Å². The fraction of sp³-hybridized carbons (Fsp3) is 0.182. The molecule has 31 heavy (non-hydrogen) atoms. The van der Waals surface area contributed by atoms with Crippen molar-refractivity contribution in [3.63, 3.8) is 0 Å². The largest absolute Gasteiger partial charge is 0.383 e. The quantitative estimate of drug-likeness (QED) is 0.506. The summed E-state index contributed by atoms with van der Waals surface area (Å²) in [6.07, 6.45) is 2.65. The van der Waals surface area contributed by atoms with Crippen LogP contribution in [0.2, 0.25) is 10.0 Å². The minimum Gasteiger partial charge on any atom is -0.383 e. The van der Waals surface area contributed by atoms with Gasteiger partial charge in [0.15, 0.2) is 11.5 Å². The highest BCUT2D eigenvalue weighted by molar-refractivity contribution is 6.34. The van der Waals surface area contributed by atoms with E-state index in [9.17, 15) is 4.79 Å². The second-order valence-electron chi connectivity index (χ2n) is 7.53. The van der Waals surface area contributed by atoms with Crippen LogP contribution in [-0.4, -0.2) is 32.2 Å². The van der Waals surface area contributed by atoms with Gasteiger partial charge in [0.2, 0.25) is 5.91 Å². The number of hydrogen-bond donors (Lipinski definition) is 1. The van der Waals surface area contributed by atoms with E-state index in [0.717, 1.165) is 34.2 Å². The van der Waals surface area contributed by atoms with Crippen LogP contribution in [0.5, 0.6) is 0 Å². The predicted octanol–water partition coefficient (Wildman–Crippen LogP) is 4.05. The Hall–Kier alpha value is -3.16. The van der Waals surface area contributed by atoms with Gasteiger partial charge >= 0.3 is 0 Å². The summed E-state index contributed by atoms with van der Waals surface area (Å²) in [5.41, 5.74) is 10.4. The lowest BCUT2D eigenvalue weighted by atomic mass is 10.1. The van der Waals surface area contributed by atoms with Gasteiger partial charge in [0.1, 0.15) is 5.82 Å². The summed E-state index contributed by atoms with van der Waals surface area (Å²) in [4.78, 5) is 23.8. The first-order chi connectivity index (χ1) is 14.9. The SMILES string of the molecule is Cn1ncc2c(N)nc(-c3ccc4c(c3)CCN4C(=O)Cc3cc(Cl)cc(Cl)c3)nc21. The van der Waals surface area contributed by atoms with Crippen molar-refractivity contribution >= 4 is 51.6 Å². The van der Waals surface area contributed by atoms with E-state index in [1.165, 1.54) is 0 Å². The van der Waals surface area contributed by atoms with E-state index < -0.39 is 0 Å². The number of hydrogen-bond acceptors (Lipinski definition) is 5. The Labute approximate surface area is 188 Å². The Morgan fingerprint density at radius 3 is 2.68 bits per heavy atom. The molecule has 5 rings (SSSR count). The molecule has 1 aliphatic rings. The number of rotatable bonds is 3. The van der Waals surface area contributed by atoms with E-state index in [1.807, 2.05) is 25.2 Å². The lowest BCUT2D eigenvalue weighted by Gasteiger charge is -2.18. The van der Waals surface area contributed by atoms with Gasteiger partial charge in [0.05, 0.1) is 18.0 Å². The molecule has 156 valence electrons. The number of halogens is 2. The third-order valence-electron chi connectivity index (χ3n) is 5.43. The molecule has 0 radical (unpaired) electrons. The third-order valence-corrected chi connectivity index (χ3v) is 5.87. The number of nitrogens with zero attached hydrogens (tertiary/aromatic N) is 5. The van der Waals surface area contributed by atoms with Crippen molar-refractivity contribution < 1.29 is 4.79 Å². The number of nitrogens with two attached hydrogens (primary N) is 1. The standard InChI is InChI=1S/C22H18Cl2N6O/c1-29-22-17(11-26-29)20(25)27-21(28-22)14-2-3-18-13(9-14)4-5-30(18)19(31)8-12-6-15(23)10-16(24)7-12/h2-3,6-7,9-11H,4-5,8H2,1H3,(H2,25,27,28). The number of aryl methyl sites for hydroxylation is 1. The molecule has 0 atom stereocenters. The van der Waals surface area contributed by atoms with Crippen molar-refractivity contribution in [1.29, 1.82) is 0 Å². The molecule has 0 saturated heterocycles. The Morgan fingerprint density at radius 1 is 1.13 bits per heavy atom.